The molecular weight excluding hydrogens is 338 g/mol. The van der Waals surface area contributed by atoms with Crippen molar-refractivity contribution in [2.24, 2.45) is 0 Å². The maximum atomic E-state index is 12.5. The van der Waals surface area contributed by atoms with Gasteiger partial charge >= 0.3 is 0 Å². The fourth-order valence-corrected chi connectivity index (χ4v) is 4.08. The number of ether oxygens (including phenoxy) is 1. The Morgan fingerprint density at radius 3 is 2.76 bits per heavy atom. The molecule has 1 atom stereocenters. The zero-order chi connectivity index (χ0) is 17.3. The number of halogens is 1. The summed E-state index contributed by atoms with van der Waals surface area (Å²) in [4.78, 5) is 12.5. The molecule has 5 nitrogen and oxygen atoms in total. The first-order chi connectivity index (χ1) is 12.1. The SMILES string of the molecule is O=C(N[C@H]1COC2(CCCCC2)C1)c1cc(-c2ccc(Cl)cc2)n[nH]1. The summed E-state index contributed by atoms with van der Waals surface area (Å²) in [6.45, 7) is 0.601. The number of rotatable bonds is 3. The molecule has 2 fully saturated rings. The van der Waals surface area contributed by atoms with Crippen LogP contribution in [0.15, 0.2) is 30.3 Å². The number of aromatic amines is 1. The number of carbonyl (C=O) groups is 1. The van der Waals surface area contributed by atoms with Crippen molar-refractivity contribution in [3.8, 4) is 11.3 Å². The van der Waals surface area contributed by atoms with Crippen molar-refractivity contribution in [1.82, 2.24) is 15.5 Å². The van der Waals surface area contributed by atoms with E-state index in [4.69, 9.17) is 16.3 Å². The number of aromatic nitrogens is 2. The standard InChI is InChI=1S/C19H22ClN3O2/c20-14-6-4-13(5-7-14)16-10-17(23-22-16)18(24)21-15-11-19(25-12-15)8-2-1-3-9-19/h4-7,10,15H,1-3,8-9,11-12H2,(H,21,24)(H,22,23)/t15-/m1/s1. The summed E-state index contributed by atoms with van der Waals surface area (Å²) in [5.41, 5.74) is 2.12. The summed E-state index contributed by atoms with van der Waals surface area (Å²) in [5, 5.41) is 10.8. The predicted octanol–water partition coefficient (Wildman–Crippen LogP) is 3.95. The highest BCUT2D eigenvalue weighted by Crippen LogP contribution is 2.39. The molecule has 1 aromatic heterocycles. The lowest BCUT2D eigenvalue weighted by Gasteiger charge is -2.32. The molecule has 4 rings (SSSR count). The highest BCUT2D eigenvalue weighted by molar-refractivity contribution is 6.30. The maximum absolute atomic E-state index is 12.5. The monoisotopic (exact) mass is 359 g/mol. The van der Waals surface area contributed by atoms with E-state index < -0.39 is 0 Å². The van der Waals surface area contributed by atoms with E-state index >= 15 is 0 Å². The van der Waals surface area contributed by atoms with Gasteiger partial charge in [0.2, 0.25) is 0 Å². The molecule has 1 saturated carbocycles. The van der Waals surface area contributed by atoms with Gasteiger partial charge in [-0.3, -0.25) is 9.89 Å². The van der Waals surface area contributed by atoms with Gasteiger partial charge in [0.25, 0.3) is 5.91 Å². The van der Waals surface area contributed by atoms with Gasteiger partial charge in [-0.2, -0.15) is 5.10 Å². The first-order valence-corrected chi connectivity index (χ1v) is 9.28. The van der Waals surface area contributed by atoms with Crippen LogP contribution in [0.25, 0.3) is 11.3 Å². The van der Waals surface area contributed by atoms with Crippen molar-refractivity contribution in [1.29, 1.82) is 0 Å². The van der Waals surface area contributed by atoms with Gasteiger partial charge in [0.15, 0.2) is 0 Å². The van der Waals surface area contributed by atoms with Crippen LogP contribution in [-0.4, -0.2) is 34.4 Å². The number of nitrogens with one attached hydrogen (secondary N) is 2. The third-order valence-corrected chi connectivity index (χ3v) is 5.52. The molecule has 2 heterocycles. The summed E-state index contributed by atoms with van der Waals surface area (Å²) >= 11 is 5.91. The van der Waals surface area contributed by atoms with E-state index in [1.807, 2.05) is 24.3 Å². The van der Waals surface area contributed by atoms with Crippen LogP contribution in [0, 0.1) is 0 Å². The molecule has 0 radical (unpaired) electrons. The van der Waals surface area contributed by atoms with Gasteiger partial charge in [-0.05, 0) is 37.5 Å². The van der Waals surface area contributed by atoms with Crippen LogP contribution in [0.5, 0.6) is 0 Å². The smallest absolute Gasteiger partial charge is 0.269 e. The lowest BCUT2D eigenvalue weighted by atomic mass is 9.82. The first kappa shape index (κ1) is 16.6. The van der Waals surface area contributed by atoms with E-state index in [-0.39, 0.29) is 17.6 Å². The molecule has 1 aliphatic carbocycles. The molecular formula is C19H22ClN3O2. The second kappa shape index (κ2) is 6.81. The van der Waals surface area contributed by atoms with Crippen LogP contribution >= 0.6 is 11.6 Å². The fourth-order valence-electron chi connectivity index (χ4n) is 3.95. The number of hydrogen-bond acceptors (Lipinski definition) is 3. The normalized spacial score (nSPS) is 22.2. The molecule has 1 amide bonds. The van der Waals surface area contributed by atoms with E-state index in [1.165, 1.54) is 19.3 Å². The second-order valence-electron chi connectivity index (χ2n) is 7.10. The van der Waals surface area contributed by atoms with Gasteiger partial charge in [0.05, 0.1) is 23.9 Å². The Bertz CT molecular complexity index is 750. The van der Waals surface area contributed by atoms with Crippen LogP contribution in [0.1, 0.15) is 49.0 Å². The van der Waals surface area contributed by atoms with E-state index in [0.29, 0.717) is 17.3 Å². The lowest BCUT2D eigenvalue weighted by Crippen LogP contribution is -2.37. The highest BCUT2D eigenvalue weighted by atomic mass is 35.5. The molecule has 0 unspecified atom stereocenters. The molecule has 2 aromatic rings. The Labute approximate surface area is 152 Å². The zero-order valence-corrected chi connectivity index (χ0v) is 14.8. The van der Waals surface area contributed by atoms with Gasteiger partial charge in [-0.15, -0.1) is 0 Å². The van der Waals surface area contributed by atoms with Crippen molar-refractivity contribution in [3.05, 3.63) is 41.0 Å². The summed E-state index contributed by atoms with van der Waals surface area (Å²) in [6, 6.07) is 9.24. The molecule has 6 heteroatoms. The number of benzene rings is 1. The van der Waals surface area contributed by atoms with Gasteiger partial charge in [0, 0.05) is 10.6 Å². The Kier molecular flexibility index (Phi) is 4.52. The molecule has 0 bridgehead atoms. The maximum Gasteiger partial charge on any atom is 0.269 e. The van der Waals surface area contributed by atoms with E-state index in [2.05, 4.69) is 15.5 Å². The third kappa shape index (κ3) is 3.58. The second-order valence-corrected chi connectivity index (χ2v) is 7.54. The van der Waals surface area contributed by atoms with Crippen LogP contribution in [0.2, 0.25) is 5.02 Å². The van der Waals surface area contributed by atoms with Crippen molar-refractivity contribution >= 4 is 17.5 Å². The molecule has 1 aromatic carbocycles. The Morgan fingerprint density at radius 2 is 2.00 bits per heavy atom. The predicted molar refractivity (Wildman–Crippen MR) is 96.7 cm³/mol. The minimum Gasteiger partial charge on any atom is -0.373 e. The lowest BCUT2D eigenvalue weighted by molar-refractivity contribution is -0.0246. The number of hydrogen-bond donors (Lipinski definition) is 2. The summed E-state index contributed by atoms with van der Waals surface area (Å²) < 4.78 is 6.06. The van der Waals surface area contributed by atoms with Crippen molar-refractivity contribution in [3.63, 3.8) is 0 Å². The highest BCUT2D eigenvalue weighted by Gasteiger charge is 2.41. The van der Waals surface area contributed by atoms with Gasteiger partial charge < -0.3 is 10.1 Å². The molecule has 1 aliphatic heterocycles. The summed E-state index contributed by atoms with van der Waals surface area (Å²) in [6.07, 6.45) is 6.90. The molecule has 2 N–H and O–H groups in total. The van der Waals surface area contributed by atoms with E-state index in [1.54, 1.807) is 6.07 Å². The molecule has 1 saturated heterocycles. The average Bonchev–Trinajstić information content (AvgIpc) is 3.25. The molecule has 132 valence electrons. The van der Waals surface area contributed by atoms with Gasteiger partial charge in [-0.1, -0.05) is 43.0 Å². The zero-order valence-electron chi connectivity index (χ0n) is 14.1. The Balaban J connectivity index is 1.39. The minimum absolute atomic E-state index is 0.00134. The summed E-state index contributed by atoms with van der Waals surface area (Å²) in [5.74, 6) is -0.130. The minimum atomic E-state index is -0.130. The Morgan fingerprint density at radius 1 is 1.24 bits per heavy atom. The largest absolute Gasteiger partial charge is 0.373 e. The Hall–Kier alpha value is -1.85. The fraction of sp³-hybridized carbons (Fsp3) is 0.474. The molecule has 1 spiro atoms. The number of H-pyrrole nitrogens is 1. The topological polar surface area (TPSA) is 67.0 Å². The van der Waals surface area contributed by atoms with Crippen LogP contribution in [0.3, 0.4) is 0 Å². The average molecular weight is 360 g/mol. The van der Waals surface area contributed by atoms with Gasteiger partial charge in [0.1, 0.15) is 5.69 Å². The van der Waals surface area contributed by atoms with Crippen LogP contribution in [0.4, 0.5) is 0 Å². The van der Waals surface area contributed by atoms with Gasteiger partial charge in [-0.25, -0.2) is 0 Å². The number of nitrogens with zero attached hydrogens (tertiary/aromatic N) is 1. The van der Waals surface area contributed by atoms with Crippen molar-refractivity contribution in [2.75, 3.05) is 6.61 Å². The first-order valence-electron chi connectivity index (χ1n) is 8.90. The quantitative estimate of drug-likeness (QED) is 0.871. The molecule has 2 aliphatic rings. The number of carbonyl (C=O) groups excluding carboxylic acids is 1. The molecule has 25 heavy (non-hydrogen) atoms. The van der Waals surface area contributed by atoms with E-state index in [9.17, 15) is 4.79 Å². The van der Waals surface area contributed by atoms with E-state index in [0.717, 1.165) is 30.5 Å². The third-order valence-electron chi connectivity index (χ3n) is 5.27. The van der Waals surface area contributed by atoms with Crippen molar-refractivity contribution in [2.45, 2.75) is 50.2 Å². The summed E-state index contributed by atoms with van der Waals surface area (Å²) in [7, 11) is 0. The van der Waals surface area contributed by atoms with Crippen molar-refractivity contribution < 1.29 is 9.53 Å². The van der Waals surface area contributed by atoms with Crippen LogP contribution in [-0.2, 0) is 4.74 Å². The number of amides is 1. The van der Waals surface area contributed by atoms with Crippen LogP contribution < -0.4 is 5.32 Å².